The van der Waals surface area contributed by atoms with Crippen LogP contribution in [0.2, 0.25) is 0 Å². The molecule has 1 N–H and O–H groups in total. The van der Waals surface area contributed by atoms with Gasteiger partial charge in [-0.05, 0) is 5.56 Å². The number of rotatable bonds is 8. The molecule has 0 saturated carbocycles. The second-order valence-corrected chi connectivity index (χ2v) is 5.92. The summed E-state index contributed by atoms with van der Waals surface area (Å²) < 4.78 is 28.4. The molecular weight excluding hydrogens is 326 g/mol. The summed E-state index contributed by atoms with van der Waals surface area (Å²) in [6, 6.07) is 9.27. The zero-order valence-electron chi connectivity index (χ0n) is 15.1. The number of hydrogen-bond donors (Lipinski definition) is 1. The van der Waals surface area contributed by atoms with E-state index in [0.717, 1.165) is 5.56 Å². The SMILES string of the molecule is COCC1OC(OCc2ccccc2)C(NC(C)=O)C(OC)C1OC. The summed E-state index contributed by atoms with van der Waals surface area (Å²) >= 11 is 0. The van der Waals surface area contributed by atoms with Gasteiger partial charge < -0.3 is 29.0 Å². The van der Waals surface area contributed by atoms with Crippen LogP contribution >= 0.6 is 0 Å². The fourth-order valence-corrected chi connectivity index (χ4v) is 3.05. The van der Waals surface area contributed by atoms with Gasteiger partial charge in [-0.15, -0.1) is 0 Å². The molecule has 0 spiro atoms. The summed E-state index contributed by atoms with van der Waals surface area (Å²) in [7, 11) is 4.76. The van der Waals surface area contributed by atoms with Gasteiger partial charge in [-0.2, -0.15) is 0 Å². The Morgan fingerprint density at radius 1 is 1.12 bits per heavy atom. The first-order valence-corrected chi connectivity index (χ1v) is 8.23. The average molecular weight is 353 g/mol. The Labute approximate surface area is 148 Å². The van der Waals surface area contributed by atoms with Crippen molar-refractivity contribution in [3.8, 4) is 0 Å². The minimum absolute atomic E-state index is 0.191. The molecule has 5 atom stereocenters. The van der Waals surface area contributed by atoms with Crippen LogP contribution in [0.4, 0.5) is 0 Å². The lowest BCUT2D eigenvalue weighted by atomic mass is 9.96. The Balaban J connectivity index is 2.17. The van der Waals surface area contributed by atoms with Gasteiger partial charge in [0.2, 0.25) is 5.91 Å². The zero-order valence-corrected chi connectivity index (χ0v) is 15.1. The predicted molar refractivity (Wildman–Crippen MR) is 91.0 cm³/mol. The van der Waals surface area contributed by atoms with Crippen molar-refractivity contribution in [3.63, 3.8) is 0 Å². The normalized spacial score (nSPS) is 29.4. The lowest BCUT2D eigenvalue weighted by Crippen LogP contribution is -2.65. The van der Waals surface area contributed by atoms with E-state index in [-0.39, 0.29) is 12.0 Å². The molecule has 1 aromatic rings. The third kappa shape index (κ3) is 5.23. The largest absolute Gasteiger partial charge is 0.382 e. The van der Waals surface area contributed by atoms with E-state index < -0.39 is 24.5 Å². The minimum Gasteiger partial charge on any atom is -0.382 e. The number of amides is 1. The second-order valence-electron chi connectivity index (χ2n) is 5.92. The molecule has 5 unspecified atom stereocenters. The molecule has 1 fully saturated rings. The Morgan fingerprint density at radius 2 is 1.80 bits per heavy atom. The predicted octanol–water partition coefficient (Wildman–Crippen LogP) is 1.11. The Hall–Kier alpha value is -1.51. The quantitative estimate of drug-likeness (QED) is 0.755. The topological polar surface area (TPSA) is 75.2 Å². The third-order valence-corrected chi connectivity index (χ3v) is 4.15. The van der Waals surface area contributed by atoms with E-state index in [0.29, 0.717) is 13.2 Å². The van der Waals surface area contributed by atoms with Crippen molar-refractivity contribution in [1.29, 1.82) is 0 Å². The van der Waals surface area contributed by atoms with E-state index in [4.69, 9.17) is 23.7 Å². The van der Waals surface area contributed by atoms with Gasteiger partial charge in [0.25, 0.3) is 0 Å². The van der Waals surface area contributed by atoms with Gasteiger partial charge in [0.05, 0.1) is 13.2 Å². The number of ether oxygens (including phenoxy) is 5. The van der Waals surface area contributed by atoms with Gasteiger partial charge in [0, 0.05) is 28.3 Å². The standard InChI is InChI=1S/C18H27NO6/c1-12(20)19-15-17(23-4)16(22-3)14(11-21-2)25-18(15)24-10-13-8-6-5-7-9-13/h5-9,14-18H,10-11H2,1-4H3,(H,19,20). The number of carbonyl (C=O) groups excluding carboxylic acids is 1. The number of carbonyl (C=O) groups is 1. The maximum atomic E-state index is 11.7. The molecule has 1 saturated heterocycles. The molecular formula is C18H27NO6. The monoisotopic (exact) mass is 353 g/mol. The number of methoxy groups -OCH3 is 3. The molecule has 25 heavy (non-hydrogen) atoms. The molecule has 1 aliphatic rings. The highest BCUT2D eigenvalue weighted by Gasteiger charge is 2.47. The third-order valence-electron chi connectivity index (χ3n) is 4.15. The zero-order chi connectivity index (χ0) is 18.2. The van der Waals surface area contributed by atoms with Crippen LogP contribution in [0.5, 0.6) is 0 Å². The molecule has 0 aromatic heterocycles. The first-order chi connectivity index (χ1) is 12.1. The highest BCUT2D eigenvalue weighted by Crippen LogP contribution is 2.27. The number of benzene rings is 1. The van der Waals surface area contributed by atoms with Crippen molar-refractivity contribution in [1.82, 2.24) is 5.32 Å². The molecule has 7 nitrogen and oxygen atoms in total. The lowest BCUT2D eigenvalue weighted by molar-refractivity contribution is -0.282. The molecule has 0 aliphatic carbocycles. The van der Waals surface area contributed by atoms with Crippen LogP contribution in [0.25, 0.3) is 0 Å². The van der Waals surface area contributed by atoms with Crippen LogP contribution in [-0.2, 0) is 35.1 Å². The Bertz CT molecular complexity index is 526. The molecule has 0 bridgehead atoms. The summed E-state index contributed by atoms with van der Waals surface area (Å²) in [6.45, 7) is 2.13. The van der Waals surface area contributed by atoms with E-state index in [1.807, 2.05) is 30.3 Å². The van der Waals surface area contributed by atoms with Crippen molar-refractivity contribution in [2.24, 2.45) is 0 Å². The molecule has 2 rings (SSSR count). The van der Waals surface area contributed by atoms with Gasteiger partial charge in [-0.3, -0.25) is 4.79 Å². The second kappa shape index (κ2) is 9.84. The van der Waals surface area contributed by atoms with E-state index in [1.165, 1.54) is 6.92 Å². The molecule has 1 heterocycles. The molecule has 1 amide bonds. The van der Waals surface area contributed by atoms with E-state index in [1.54, 1.807) is 21.3 Å². The van der Waals surface area contributed by atoms with Gasteiger partial charge >= 0.3 is 0 Å². The van der Waals surface area contributed by atoms with Crippen LogP contribution in [0, 0.1) is 0 Å². The Morgan fingerprint density at radius 3 is 2.36 bits per heavy atom. The van der Waals surface area contributed by atoms with E-state index >= 15 is 0 Å². The van der Waals surface area contributed by atoms with Crippen LogP contribution in [0.3, 0.4) is 0 Å². The summed E-state index contributed by atoms with van der Waals surface area (Å²) in [5.41, 5.74) is 1.01. The van der Waals surface area contributed by atoms with E-state index in [2.05, 4.69) is 5.32 Å². The van der Waals surface area contributed by atoms with Crippen LogP contribution in [0.15, 0.2) is 30.3 Å². The number of hydrogen-bond acceptors (Lipinski definition) is 6. The molecule has 1 aliphatic heterocycles. The highest BCUT2D eigenvalue weighted by molar-refractivity contribution is 5.73. The summed E-state index contributed by atoms with van der Waals surface area (Å²) in [6.07, 6.45) is -1.87. The van der Waals surface area contributed by atoms with Gasteiger partial charge in [-0.1, -0.05) is 30.3 Å². The van der Waals surface area contributed by atoms with Crippen molar-refractivity contribution >= 4 is 5.91 Å². The maximum absolute atomic E-state index is 11.7. The molecule has 1 aromatic carbocycles. The van der Waals surface area contributed by atoms with Crippen LogP contribution in [-0.4, -0.2) is 64.5 Å². The first-order valence-electron chi connectivity index (χ1n) is 8.23. The minimum atomic E-state index is -0.680. The van der Waals surface area contributed by atoms with E-state index in [9.17, 15) is 4.79 Å². The van der Waals surface area contributed by atoms with Gasteiger partial charge in [0.1, 0.15) is 24.4 Å². The van der Waals surface area contributed by atoms with Crippen molar-refractivity contribution in [3.05, 3.63) is 35.9 Å². The highest BCUT2D eigenvalue weighted by atomic mass is 16.7. The average Bonchev–Trinajstić information content (AvgIpc) is 2.61. The maximum Gasteiger partial charge on any atom is 0.217 e. The van der Waals surface area contributed by atoms with Crippen molar-refractivity contribution in [2.75, 3.05) is 27.9 Å². The first kappa shape index (κ1) is 19.8. The summed E-state index contributed by atoms with van der Waals surface area (Å²) in [5.74, 6) is -0.191. The van der Waals surface area contributed by atoms with Gasteiger partial charge in [0.15, 0.2) is 6.29 Å². The van der Waals surface area contributed by atoms with Crippen molar-refractivity contribution in [2.45, 2.75) is 44.2 Å². The molecule has 140 valence electrons. The van der Waals surface area contributed by atoms with Crippen LogP contribution < -0.4 is 5.32 Å². The molecule has 0 radical (unpaired) electrons. The van der Waals surface area contributed by atoms with Crippen LogP contribution in [0.1, 0.15) is 12.5 Å². The summed E-state index contributed by atoms with van der Waals surface area (Å²) in [5, 5.41) is 2.86. The fraction of sp³-hybridized carbons (Fsp3) is 0.611. The summed E-state index contributed by atoms with van der Waals surface area (Å²) in [4.78, 5) is 11.7. The molecule has 7 heteroatoms. The number of nitrogens with one attached hydrogen (secondary N) is 1. The fourth-order valence-electron chi connectivity index (χ4n) is 3.05. The Kier molecular flexibility index (Phi) is 7.80. The smallest absolute Gasteiger partial charge is 0.217 e. The lowest BCUT2D eigenvalue weighted by Gasteiger charge is -2.45. The van der Waals surface area contributed by atoms with Gasteiger partial charge in [-0.25, -0.2) is 0 Å². The van der Waals surface area contributed by atoms with Crippen molar-refractivity contribution < 1.29 is 28.5 Å².